The van der Waals surface area contributed by atoms with Crippen LogP contribution < -0.4 is 5.32 Å². The number of ether oxygens (including phenoxy) is 2. The van der Waals surface area contributed by atoms with Gasteiger partial charge in [0.25, 0.3) is 0 Å². The molecule has 1 atom stereocenters. The van der Waals surface area contributed by atoms with Crippen LogP contribution in [0.3, 0.4) is 0 Å². The molecule has 0 bridgehead atoms. The summed E-state index contributed by atoms with van der Waals surface area (Å²) < 4.78 is 9.99. The molecule has 0 aliphatic carbocycles. The summed E-state index contributed by atoms with van der Waals surface area (Å²) in [6.07, 6.45) is 4.49. The third-order valence-electron chi connectivity index (χ3n) is 1.73. The van der Waals surface area contributed by atoms with E-state index in [4.69, 9.17) is 15.9 Å². The number of alkyl carbamates (subject to hydrolysis) is 1. The van der Waals surface area contributed by atoms with Crippen molar-refractivity contribution in [2.24, 2.45) is 0 Å². The van der Waals surface area contributed by atoms with Gasteiger partial charge in [-0.3, -0.25) is 0 Å². The second-order valence-corrected chi connectivity index (χ2v) is 5.70. The van der Waals surface area contributed by atoms with Gasteiger partial charge in [-0.25, -0.2) is 9.59 Å². The van der Waals surface area contributed by atoms with Crippen LogP contribution in [0.15, 0.2) is 0 Å². The van der Waals surface area contributed by atoms with Gasteiger partial charge >= 0.3 is 12.1 Å². The Morgan fingerprint density at radius 2 is 2.05 bits per heavy atom. The summed E-state index contributed by atoms with van der Waals surface area (Å²) in [4.78, 5) is 23.3. The Balaban J connectivity index is 4.44. The van der Waals surface area contributed by atoms with Gasteiger partial charge in [-0.05, 0) is 27.7 Å². The summed E-state index contributed by atoms with van der Waals surface area (Å²) in [5.74, 6) is 2.78. The van der Waals surface area contributed by atoms with Gasteiger partial charge in [0, 0.05) is 5.75 Å². The summed E-state index contributed by atoms with van der Waals surface area (Å²) >= 11 is 1.37. The largest absolute Gasteiger partial charge is 0.464 e. The number of carbonyl (C=O) groups excluding carboxylic acids is 2. The monoisotopic (exact) mass is 287 g/mol. The van der Waals surface area contributed by atoms with E-state index in [1.807, 2.05) is 0 Å². The molecule has 0 spiro atoms. The number of thioether (sulfide) groups is 1. The van der Waals surface area contributed by atoms with Crippen LogP contribution in [0.25, 0.3) is 0 Å². The third kappa shape index (κ3) is 9.25. The van der Waals surface area contributed by atoms with Gasteiger partial charge in [0.15, 0.2) is 0 Å². The Kier molecular flexibility index (Phi) is 8.08. The quantitative estimate of drug-likeness (QED) is 0.458. The fourth-order valence-electron chi connectivity index (χ4n) is 1.10. The zero-order chi connectivity index (χ0) is 14.9. The van der Waals surface area contributed by atoms with Crippen molar-refractivity contribution in [2.45, 2.75) is 39.3 Å². The van der Waals surface area contributed by atoms with Crippen molar-refractivity contribution in [2.75, 3.05) is 18.1 Å². The first-order valence-electron chi connectivity index (χ1n) is 5.97. The van der Waals surface area contributed by atoms with E-state index in [1.165, 1.54) is 11.8 Å². The predicted molar refractivity (Wildman–Crippen MR) is 75.9 cm³/mol. The van der Waals surface area contributed by atoms with E-state index in [0.29, 0.717) is 11.5 Å². The van der Waals surface area contributed by atoms with Crippen LogP contribution in [-0.2, 0) is 14.3 Å². The van der Waals surface area contributed by atoms with Crippen molar-refractivity contribution in [1.29, 1.82) is 0 Å². The van der Waals surface area contributed by atoms with Crippen LogP contribution in [0.1, 0.15) is 27.7 Å². The number of terminal acetylenes is 1. The molecule has 0 saturated heterocycles. The first-order chi connectivity index (χ1) is 8.80. The van der Waals surface area contributed by atoms with Crippen LogP contribution in [0, 0.1) is 12.3 Å². The Morgan fingerprint density at radius 1 is 1.42 bits per heavy atom. The van der Waals surface area contributed by atoms with Gasteiger partial charge in [0.05, 0.1) is 12.4 Å². The number of carbonyl (C=O) groups is 2. The maximum atomic E-state index is 11.7. The number of amides is 1. The lowest BCUT2D eigenvalue weighted by molar-refractivity contribution is -0.145. The molecule has 0 saturated carbocycles. The summed E-state index contributed by atoms with van der Waals surface area (Å²) in [5.41, 5.74) is -0.616. The van der Waals surface area contributed by atoms with Crippen LogP contribution in [0.4, 0.5) is 4.79 Å². The molecule has 0 radical (unpaired) electrons. The van der Waals surface area contributed by atoms with Crippen molar-refractivity contribution in [3.05, 3.63) is 0 Å². The van der Waals surface area contributed by atoms with Crippen LogP contribution in [0.5, 0.6) is 0 Å². The second-order valence-electron chi connectivity index (χ2n) is 4.67. The summed E-state index contributed by atoms with van der Waals surface area (Å²) in [6.45, 7) is 7.21. The number of hydrogen-bond acceptors (Lipinski definition) is 5. The molecular weight excluding hydrogens is 266 g/mol. The standard InChI is InChI=1S/C13H21NO4S/c1-6-8-19-9-10(11(15)17-7-2)14-12(16)18-13(3,4)5/h1,10H,7-9H2,2-5H3,(H,14,16)/t10-/m0/s1. The molecule has 1 N–H and O–H groups in total. The zero-order valence-electron chi connectivity index (χ0n) is 11.8. The predicted octanol–water partition coefficient (Wildman–Crippen LogP) is 1.81. The molecule has 6 heteroatoms. The lowest BCUT2D eigenvalue weighted by atomic mass is 10.2. The maximum Gasteiger partial charge on any atom is 0.408 e. The fourth-order valence-corrected chi connectivity index (χ4v) is 1.79. The summed E-state index contributed by atoms with van der Waals surface area (Å²) in [7, 11) is 0. The number of esters is 1. The molecule has 0 unspecified atom stereocenters. The van der Waals surface area contributed by atoms with Crippen molar-refractivity contribution < 1.29 is 19.1 Å². The minimum absolute atomic E-state index is 0.255. The first kappa shape index (κ1) is 17.6. The molecule has 19 heavy (non-hydrogen) atoms. The van der Waals surface area contributed by atoms with E-state index in [0.717, 1.165) is 0 Å². The smallest absolute Gasteiger partial charge is 0.408 e. The summed E-state index contributed by atoms with van der Waals surface area (Å²) in [6, 6.07) is -0.756. The minimum atomic E-state index is -0.756. The molecule has 0 aromatic carbocycles. The van der Waals surface area contributed by atoms with Crippen molar-refractivity contribution >= 4 is 23.8 Å². The molecule has 0 fully saturated rings. The third-order valence-corrected chi connectivity index (χ3v) is 2.67. The molecule has 0 aromatic rings. The molecule has 0 heterocycles. The maximum absolute atomic E-state index is 11.7. The Morgan fingerprint density at radius 3 is 2.53 bits per heavy atom. The van der Waals surface area contributed by atoms with Gasteiger partial charge in [-0.1, -0.05) is 5.92 Å². The van der Waals surface area contributed by atoms with E-state index < -0.39 is 23.7 Å². The van der Waals surface area contributed by atoms with Gasteiger partial charge in [-0.15, -0.1) is 18.2 Å². The molecule has 5 nitrogen and oxygen atoms in total. The van der Waals surface area contributed by atoms with Crippen molar-refractivity contribution in [1.82, 2.24) is 5.32 Å². The Hall–Kier alpha value is -1.35. The van der Waals surface area contributed by atoms with E-state index in [1.54, 1.807) is 27.7 Å². The molecule has 0 aliphatic heterocycles. The first-order valence-corrected chi connectivity index (χ1v) is 7.13. The zero-order valence-corrected chi connectivity index (χ0v) is 12.6. The van der Waals surface area contributed by atoms with E-state index in [2.05, 4.69) is 11.2 Å². The molecule has 0 aliphatic rings. The molecule has 0 aromatic heterocycles. The molecule has 1 amide bonds. The number of nitrogens with one attached hydrogen (secondary N) is 1. The average molecular weight is 287 g/mol. The van der Waals surface area contributed by atoms with Crippen LogP contribution in [-0.4, -0.2) is 41.8 Å². The SMILES string of the molecule is C#CCSC[C@H](NC(=O)OC(C)(C)C)C(=O)OCC. The van der Waals surface area contributed by atoms with E-state index in [9.17, 15) is 9.59 Å². The normalized spacial score (nSPS) is 12.2. The highest BCUT2D eigenvalue weighted by Crippen LogP contribution is 2.09. The van der Waals surface area contributed by atoms with Crippen molar-refractivity contribution in [3.8, 4) is 12.3 Å². The van der Waals surface area contributed by atoms with Gasteiger partial charge in [-0.2, -0.15) is 0 Å². The van der Waals surface area contributed by atoms with Gasteiger partial charge < -0.3 is 14.8 Å². The lowest BCUT2D eigenvalue weighted by Crippen LogP contribution is -2.45. The van der Waals surface area contributed by atoms with Gasteiger partial charge in [0.1, 0.15) is 11.6 Å². The highest BCUT2D eigenvalue weighted by atomic mass is 32.2. The topological polar surface area (TPSA) is 64.6 Å². The van der Waals surface area contributed by atoms with Crippen LogP contribution in [0.2, 0.25) is 0 Å². The van der Waals surface area contributed by atoms with E-state index >= 15 is 0 Å². The minimum Gasteiger partial charge on any atom is -0.464 e. The number of rotatable bonds is 6. The molecular formula is C13H21NO4S. The molecule has 0 rings (SSSR count). The Labute approximate surface area is 118 Å². The summed E-state index contributed by atoms with van der Waals surface area (Å²) in [5, 5.41) is 2.49. The van der Waals surface area contributed by atoms with E-state index in [-0.39, 0.29) is 6.61 Å². The van der Waals surface area contributed by atoms with Crippen molar-refractivity contribution in [3.63, 3.8) is 0 Å². The number of hydrogen-bond donors (Lipinski definition) is 1. The lowest BCUT2D eigenvalue weighted by Gasteiger charge is -2.22. The fraction of sp³-hybridized carbons (Fsp3) is 0.692. The molecule has 108 valence electrons. The Bertz CT molecular complexity index is 344. The van der Waals surface area contributed by atoms with Gasteiger partial charge in [0.2, 0.25) is 0 Å². The highest BCUT2D eigenvalue weighted by molar-refractivity contribution is 7.99. The second kappa shape index (κ2) is 8.70. The highest BCUT2D eigenvalue weighted by Gasteiger charge is 2.25. The van der Waals surface area contributed by atoms with Crippen LogP contribution >= 0.6 is 11.8 Å². The average Bonchev–Trinajstić information content (AvgIpc) is 2.25.